The first kappa shape index (κ1) is 53.3. The number of carbonyl (C=O) groups is 9. The van der Waals surface area contributed by atoms with Crippen LogP contribution < -0.4 is 21.7 Å². The number of hydrogen-bond acceptors (Lipinski definition) is 10. The first-order chi connectivity index (χ1) is 34.9. The van der Waals surface area contributed by atoms with E-state index in [-0.39, 0.29) is 81.8 Å². The second-order valence-electron chi connectivity index (χ2n) is 20.1. The highest BCUT2D eigenvalue weighted by molar-refractivity contribution is 6.05. The monoisotopic (exact) mass is 998 g/mol. The average molecular weight is 999 g/mol. The molecule has 4 aliphatic rings. The number of carbonyl (C=O) groups excluding carboxylic acids is 9. The molecule has 0 radical (unpaired) electrons. The van der Waals surface area contributed by atoms with Crippen molar-refractivity contribution in [2.45, 2.75) is 146 Å². The van der Waals surface area contributed by atoms with Crippen LogP contribution in [0.1, 0.15) is 136 Å². The maximum atomic E-state index is 14.7. The van der Waals surface area contributed by atoms with Crippen molar-refractivity contribution in [3.05, 3.63) is 107 Å². The number of benzene rings is 3. The van der Waals surface area contributed by atoms with Crippen LogP contribution in [0.25, 0.3) is 0 Å². The van der Waals surface area contributed by atoms with Gasteiger partial charge in [0, 0.05) is 63.0 Å². The number of amides is 9. The summed E-state index contributed by atoms with van der Waals surface area (Å²) in [4.78, 5) is 126. The van der Waals surface area contributed by atoms with Crippen molar-refractivity contribution >= 4 is 53.4 Å². The lowest BCUT2D eigenvalue weighted by atomic mass is 9.98. The van der Waals surface area contributed by atoms with E-state index in [1.165, 1.54) is 16.8 Å². The summed E-state index contributed by atoms with van der Waals surface area (Å²) < 4.78 is 5.53. The summed E-state index contributed by atoms with van der Waals surface area (Å²) in [6.07, 6.45) is 3.05. The minimum Gasteiger partial charge on any atom is -0.444 e. The molecule has 18 heteroatoms. The van der Waals surface area contributed by atoms with Gasteiger partial charge in [-0.25, -0.2) is 4.79 Å². The SMILES string of the molecule is CN1C(=O)CCC(N2Cc3c(C#CCCCCCC(=O)N4CC[C@H]5CC[C@@H](C(=O)N[C@@H](CCC(N)=O)C(=O)NC(c6ccccc6)c6ccccc6)N5C(=O)[C@@H](NC(=O)OC(C)(C)C)C4)cccc3C2=O)C1=O. The zero-order valence-electron chi connectivity index (χ0n) is 42.0. The molecule has 1 unspecified atom stereocenters. The van der Waals surface area contributed by atoms with E-state index in [0.29, 0.717) is 49.7 Å². The van der Waals surface area contributed by atoms with E-state index in [2.05, 4.69) is 27.8 Å². The van der Waals surface area contributed by atoms with E-state index >= 15 is 0 Å². The molecule has 4 aliphatic heterocycles. The summed E-state index contributed by atoms with van der Waals surface area (Å²) in [5, 5.41) is 8.57. The molecule has 0 aliphatic carbocycles. The maximum absolute atomic E-state index is 14.7. The van der Waals surface area contributed by atoms with Gasteiger partial charge in [-0.1, -0.05) is 85.0 Å². The maximum Gasteiger partial charge on any atom is 0.408 e. The number of ether oxygens (including phenoxy) is 1. The van der Waals surface area contributed by atoms with E-state index < -0.39 is 71.6 Å². The van der Waals surface area contributed by atoms with Gasteiger partial charge in [-0.15, -0.1) is 0 Å². The van der Waals surface area contributed by atoms with Crippen molar-refractivity contribution in [3.63, 3.8) is 0 Å². The molecule has 0 aromatic heterocycles. The summed E-state index contributed by atoms with van der Waals surface area (Å²) in [6, 6.07) is 18.8. The molecule has 9 amide bonds. The van der Waals surface area contributed by atoms with Gasteiger partial charge in [-0.3, -0.25) is 43.3 Å². The smallest absolute Gasteiger partial charge is 0.408 e. The fourth-order valence-corrected chi connectivity index (χ4v) is 10.0. The molecular formula is C55H66N8O10. The van der Waals surface area contributed by atoms with Crippen molar-refractivity contribution < 1.29 is 47.9 Å². The molecule has 3 saturated heterocycles. The largest absolute Gasteiger partial charge is 0.444 e. The predicted molar refractivity (Wildman–Crippen MR) is 268 cm³/mol. The standard InChI is InChI=1S/C55H66N8O10/c1-55(2,3)73-54(72)58-42-34-61(47(66)24-15-7-5-6-10-17-35-22-16-23-39-40(35)33-62(51(39)69)44-28-30-46(65)60(4)53(44)71)32-31-38-25-27-43(63(38)52(42)70)50(68)57-41(26-29-45(56)64)49(67)59-48(36-18-11-8-12-19-36)37-20-13-9-14-21-37/h8-9,11-14,16,18-23,38,41-44,48H,5-7,15,24-34H2,1-4H3,(H2,56,64)(H,57,68)(H,58,72)(H,59,67)/t38-,41+,42+,43+,44?/m1/s1. The van der Waals surface area contributed by atoms with Crippen molar-refractivity contribution in [1.29, 1.82) is 0 Å². The van der Waals surface area contributed by atoms with Gasteiger partial charge in [0.1, 0.15) is 29.8 Å². The summed E-state index contributed by atoms with van der Waals surface area (Å²) in [5.41, 5.74) is 8.18. The normalized spacial score (nSPS) is 20.3. The van der Waals surface area contributed by atoms with Crippen molar-refractivity contribution in [2.75, 3.05) is 20.1 Å². The van der Waals surface area contributed by atoms with E-state index in [1.54, 1.807) is 37.8 Å². The number of alkyl carbamates (subject to hydrolysis) is 1. The molecular weight excluding hydrogens is 933 g/mol. The van der Waals surface area contributed by atoms with Gasteiger partial charge in [0.2, 0.25) is 35.4 Å². The van der Waals surface area contributed by atoms with Crippen LogP contribution in [-0.4, -0.2) is 129 Å². The Morgan fingerprint density at radius 2 is 1.51 bits per heavy atom. The Balaban J connectivity index is 0.970. The third-order valence-corrected chi connectivity index (χ3v) is 13.8. The number of likely N-dealkylation sites (N-methyl/N-ethyl adjacent to an activating group) is 1. The van der Waals surface area contributed by atoms with Crippen LogP contribution in [0.2, 0.25) is 0 Å². The van der Waals surface area contributed by atoms with Crippen molar-refractivity contribution in [1.82, 2.24) is 35.6 Å². The number of rotatable bonds is 16. The van der Waals surface area contributed by atoms with Gasteiger partial charge in [-0.2, -0.15) is 0 Å². The van der Waals surface area contributed by atoms with E-state index in [9.17, 15) is 43.2 Å². The van der Waals surface area contributed by atoms with Gasteiger partial charge in [0.15, 0.2) is 0 Å². The first-order valence-corrected chi connectivity index (χ1v) is 25.2. The molecule has 3 fully saturated rings. The van der Waals surface area contributed by atoms with Gasteiger partial charge >= 0.3 is 6.09 Å². The molecule has 3 aromatic rings. The molecule has 4 heterocycles. The Kier molecular flexibility index (Phi) is 17.3. The van der Waals surface area contributed by atoms with Gasteiger partial charge < -0.3 is 41.1 Å². The van der Waals surface area contributed by atoms with Crippen LogP contribution in [0.4, 0.5) is 4.79 Å². The second-order valence-corrected chi connectivity index (χ2v) is 20.1. The molecule has 3 aromatic carbocycles. The number of fused-ring (bicyclic) bond motifs is 2. The Morgan fingerprint density at radius 3 is 2.18 bits per heavy atom. The number of nitrogens with two attached hydrogens (primary N) is 1. The quantitative estimate of drug-likeness (QED) is 0.0905. The molecule has 18 nitrogen and oxygen atoms in total. The Hall–Kier alpha value is -7.55. The number of unbranched alkanes of at least 4 members (excludes halogenated alkanes) is 3. The van der Waals surface area contributed by atoms with Crippen molar-refractivity contribution in [3.8, 4) is 11.8 Å². The topological polar surface area (TPSA) is 238 Å². The van der Waals surface area contributed by atoms with Gasteiger partial charge in [-0.05, 0) is 94.5 Å². The fourth-order valence-electron chi connectivity index (χ4n) is 10.0. The molecule has 0 saturated carbocycles. The molecule has 0 bridgehead atoms. The second kappa shape index (κ2) is 23.8. The highest BCUT2D eigenvalue weighted by Crippen LogP contribution is 2.32. The van der Waals surface area contributed by atoms with Gasteiger partial charge in [0.25, 0.3) is 11.8 Å². The average Bonchev–Trinajstić information content (AvgIpc) is 3.94. The lowest BCUT2D eigenvalue weighted by Gasteiger charge is -2.39. The molecule has 7 rings (SSSR count). The van der Waals surface area contributed by atoms with Crippen LogP contribution in [0.15, 0.2) is 78.9 Å². The number of nitrogens with zero attached hydrogens (tertiary/aromatic N) is 4. The van der Waals surface area contributed by atoms with E-state index in [1.807, 2.05) is 66.7 Å². The fraction of sp³-hybridized carbons (Fsp3) is 0.473. The highest BCUT2D eigenvalue weighted by Gasteiger charge is 2.47. The third kappa shape index (κ3) is 13.3. The molecule has 73 heavy (non-hydrogen) atoms. The molecule has 386 valence electrons. The summed E-state index contributed by atoms with van der Waals surface area (Å²) in [5.74, 6) is 2.94. The van der Waals surface area contributed by atoms with Crippen LogP contribution in [0.3, 0.4) is 0 Å². The number of piperidine rings is 1. The lowest BCUT2D eigenvalue weighted by molar-refractivity contribution is -0.150. The minimum absolute atomic E-state index is 0.0895. The zero-order chi connectivity index (χ0) is 52.4. The van der Waals surface area contributed by atoms with E-state index in [0.717, 1.165) is 21.6 Å². The number of primary amides is 1. The van der Waals surface area contributed by atoms with Gasteiger partial charge in [0.05, 0.1) is 12.6 Å². The van der Waals surface area contributed by atoms with E-state index in [4.69, 9.17) is 10.5 Å². The van der Waals surface area contributed by atoms with Crippen LogP contribution in [0, 0.1) is 11.8 Å². The molecule has 5 N–H and O–H groups in total. The first-order valence-electron chi connectivity index (χ1n) is 25.2. The highest BCUT2D eigenvalue weighted by atomic mass is 16.6. The minimum atomic E-state index is -1.26. The van der Waals surface area contributed by atoms with Crippen LogP contribution in [-0.2, 0) is 44.8 Å². The summed E-state index contributed by atoms with van der Waals surface area (Å²) in [7, 11) is 1.44. The Morgan fingerprint density at radius 1 is 0.808 bits per heavy atom. The third-order valence-electron chi connectivity index (χ3n) is 13.8. The number of imide groups is 1. The molecule has 0 spiro atoms. The van der Waals surface area contributed by atoms with Crippen LogP contribution in [0.5, 0.6) is 0 Å². The lowest BCUT2D eigenvalue weighted by Crippen LogP contribution is -2.62. The summed E-state index contributed by atoms with van der Waals surface area (Å²) in [6.45, 7) is 5.40. The Labute approximate surface area is 426 Å². The number of likely N-dealkylation sites (tertiary alicyclic amines) is 1. The van der Waals surface area contributed by atoms with Crippen molar-refractivity contribution in [2.24, 2.45) is 5.73 Å². The Bertz CT molecular complexity index is 2600. The molecule has 5 atom stereocenters. The number of hydrogen-bond donors (Lipinski definition) is 4. The van der Waals surface area contributed by atoms with Crippen LogP contribution >= 0.6 is 0 Å². The predicted octanol–water partition coefficient (Wildman–Crippen LogP) is 4.23. The number of nitrogens with one attached hydrogen (secondary N) is 3. The summed E-state index contributed by atoms with van der Waals surface area (Å²) >= 11 is 0. The zero-order valence-corrected chi connectivity index (χ0v) is 42.0.